The molecule has 0 bridgehead atoms. The lowest BCUT2D eigenvalue weighted by Crippen LogP contribution is -2.65. The van der Waals surface area contributed by atoms with Gasteiger partial charge in [0.15, 0.2) is 31.2 Å². The van der Waals surface area contributed by atoms with Gasteiger partial charge in [-0.3, -0.25) is 14.5 Å². The van der Waals surface area contributed by atoms with Crippen LogP contribution in [-0.2, 0) is 26.9 Å². The van der Waals surface area contributed by atoms with Crippen molar-refractivity contribution in [2.24, 2.45) is 11.8 Å². The van der Waals surface area contributed by atoms with Crippen molar-refractivity contribution in [3.05, 3.63) is 87.9 Å². The van der Waals surface area contributed by atoms with Crippen molar-refractivity contribution in [3.63, 3.8) is 0 Å². The van der Waals surface area contributed by atoms with E-state index in [-0.39, 0.29) is 47.8 Å². The number of methoxy groups -OCH3 is 2. The fourth-order valence-corrected chi connectivity index (χ4v) is 10.7. The molecule has 1 aromatic heterocycles. The van der Waals surface area contributed by atoms with Gasteiger partial charge in [0, 0.05) is 40.9 Å². The van der Waals surface area contributed by atoms with Gasteiger partial charge in [-0.25, -0.2) is 4.79 Å². The lowest BCUT2D eigenvalue weighted by atomic mass is 9.58. The highest BCUT2D eigenvalue weighted by atomic mass is 28.4. The quantitative estimate of drug-likeness (QED) is 0.0962. The van der Waals surface area contributed by atoms with Gasteiger partial charge in [-0.1, -0.05) is 51.1 Å². The Morgan fingerprint density at radius 3 is 2.31 bits per heavy atom. The molecule has 1 fully saturated rings. The van der Waals surface area contributed by atoms with E-state index < -0.39 is 65.9 Å². The average Bonchev–Trinajstić information content (AvgIpc) is 3.64. The summed E-state index contributed by atoms with van der Waals surface area (Å²) in [6.45, 7) is 17.3. The number of Topliss-reactive ketones (excluding diaryl/α,β-unsaturated/α-hetero) is 2. The zero-order chi connectivity index (χ0) is 44.5. The first-order valence-electron chi connectivity index (χ1n) is 21.1. The molecule has 1 N–H and O–H groups in total. The first-order valence-corrected chi connectivity index (χ1v) is 24.0. The monoisotopic (exact) mass is 868 g/mol. The van der Waals surface area contributed by atoms with Crippen LogP contribution in [0.2, 0.25) is 18.1 Å². The fraction of sp³-hybridized carbons (Fsp3) is 0.489. The number of aliphatic hydroxyl groups is 1. The Hall–Kier alpha value is -5.22. The van der Waals surface area contributed by atoms with Crippen molar-refractivity contribution in [2.45, 2.75) is 96.4 Å². The molecule has 4 atom stereocenters. The molecule has 0 spiro atoms. The van der Waals surface area contributed by atoms with Crippen LogP contribution in [0, 0.1) is 11.8 Å². The molecule has 0 radical (unpaired) electrons. The van der Waals surface area contributed by atoms with Gasteiger partial charge in [-0.05, 0) is 86.6 Å². The van der Waals surface area contributed by atoms with Gasteiger partial charge in [-0.2, -0.15) is 0 Å². The Labute approximate surface area is 362 Å². The highest BCUT2D eigenvalue weighted by molar-refractivity contribution is 6.74. The van der Waals surface area contributed by atoms with Crippen molar-refractivity contribution >= 4 is 36.8 Å². The number of morpholine rings is 1. The number of nitrogens with zero attached hydrogens (tertiary/aromatic N) is 2. The molecule has 4 aliphatic rings. The van der Waals surface area contributed by atoms with Gasteiger partial charge in [0.25, 0.3) is 5.88 Å². The average molecular weight is 869 g/mol. The first-order chi connectivity index (χ1) is 29.3. The smallest absolute Gasteiger partial charge is 0.508 e. The topological polar surface area (TPSA) is 165 Å². The predicted molar refractivity (Wildman–Crippen MR) is 231 cm³/mol. The number of ether oxygens (including phenoxy) is 6. The maximum atomic E-state index is 15.9. The Kier molecular flexibility index (Phi) is 11.1. The molecule has 15 heteroatoms. The minimum absolute atomic E-state index is 0.00605. The second kappa shape index (κ2) is 15.8. The number of rotatable bonds is 9. The van der Waals surface area contributed by atoms with Crippen molar-refractivity contribution in [2.75, 3.05) is 40.5 Å². The van der Waals surface area contributed by atoms with E-state index in [4.69, 9.17) is 37.4 Å². The van der Waals surface area contributed by atoms with Gasteiger partial charge in [0.05, 0.1) is 39.0 Å². The van der Waals surface area contributed by atoms with Gasteiger partial charge in [0.2, 0.25) is 5.78 Å². The lowest BCUT2D eigenvalue weighted by molar-refractivity contribution is -0.0749. The summed E-state index contributed by atoms with van der Waals surface area (Å²) in [6, 6.07) is 14.1. The van der Waals surface area contributed by atoms with Crippen LogP contribution in [0.5, 0.6) is 23.1 Å². The highest BCUT2D eigenvalue weighted by Gasteiger charge is 2.68. The number of ketones is 2. The minimum Gasteiger partial charge on any atom is -0.508 e. The summed E-state index contributed by atoms with van der Waals surface area (Å²) in [5.74, 6) is -1.99. The third-order valence-corrected chi connectivity index (χ3v) is 17.5. The molecular weight excluding hydrogens is 813 g/mol. The lowest BCUT2D eigenvalue weighted by Gasteiger charge is -2.56. The number of benzene rings is 3. The van der Waals surface area contributed by atoms with Crippen molar-refractivity contribution in [1.29, 1.82) is 0 Å². The van der Waals surface area contributed by atoms with Crippen LogP contribution in [0.4, 0.5) is 4.79 Å². The van der Waals surface area contributed by atoms with Gasteiger partial charge >= 0.3 is 6.16 Å². The molecule has 0 saturated carbocycles. The van der Waals surface area contributed by atoms with Crippen LogP contribution in [0.3, 0.4) is 0 Å². The number of carbonyl (C=O) groups is 3. The number of hydrogen-bond donors (Lipinski definition) is 1. The Balaban J connectivity index is 1.38. The normalized spacial score (nSPS) is 23.0. The zero-order valence-electron chi connectivity index (χ0n) is 37.1. The summed E-state index contributed by atoms with van der Waals surface area (Å²) >= 11 is 0. The summed E-state index contributed by atoms with van der Waals surface area (Å²) in [5, 5.41) is 18.2. The number of fused-ring (bicyclic) bond motifs is 5. The fourth-order valence-electron chi connectivity index (χ4n) is 9.25. The summed E-state index contributed by atoms with van der Waals surface area (Å²) in [4.78, 5) is 47.2. The Morgan fingerprint density at radius 1 is 0.952 bits per heavy atom. The third kappa shape index (κ3) is 7.25. The molecule has 3 aliphatic carbocycles. The standard InChI is InChI=1S/C47H56N2O12Si/c1-45(2,3)59-44(53)58-39-30-24-28(54-7)16-17-29(30)38(55-8)31-22-27-23-32-36(49-18-20-56-21-19-49)40-35(43(48-60-40)57-25-26-14-12-11-13-15-26)42(52)47(32,61-62(9,10)46(4,5)6)41(51)33(27)37(50)34(31)39/h11-17,24,27,32,36,51H,18-23,25H2,1-10H3/t27-,32-,36-,47-/m0/s1. The minimum atomic E-state index is -3.01. The molecule has 0 amide bonds. The third-order valence-electron chi connectivity index (χ3n) is 13.1. The molecule has 2 heterocycles. The van der Waals surface area contributed by atoms with E-state index in [2.05, 4.69) is 30.8 Å². The largest absolute Gasteiger partial charge is 0.514 e. The Morgan fingerprint density at radius 2 is 1.66 bits per heavy atom. The van der Waals surface area contributed by atoms with Crippen LogP contribution in [0.15, 0.2) is 64.4 Å². The summed E-state index contributed by atoms with van der Waals surface area (Å²) in [7, 11) is 0.0230. The van der Waals surface area contributed by atoms with E-state index in [1.54, 1.807) is 39.0 Å². The number of hydrogen-bond acceptors (Lipinski definition) is 14. The van der Waals surface area contributed by atoms with Gasteiger partial charge in [0.1, 0.15) is 35.0 Å². The van der Waals surface area contributed by atoms with E-state index in [1.165, 1.54) is 14.2 Å². The van der Waals surface area contributed by atoms with Crippen molar-refractivity contribution < 1.29 is 56.9 Å². The summed E-state index contributed by atoms with van der Waals surface area (Å²) in [6.07, 6.45) is -0.594. The van der Waals surface area contributed by atoms with E-state index in [1.807, 2.05) is 43.4 Å². The first kappa shape index (κ1) is 43.4. The van der Waals surface area contributed by atoms with Gasteiger partial charge < -0.3 is 42.5 Å². The van der Waals surface area contributed by atoms with Crippen LogP contribution in [0.1, 0.15) is 91.6 Å². The van der Waals surface area contributed by atoms with Crippen molar-refractivity contribution in [3.8, 4) is 23.1 Å². The van der Waals surface area contributed by atoms with E-state index in [0.29, 0.717) is 59.9 Å². The number of aliphatic hydroxyl groups excluding tert-OH is 1. The molecule has 8 rings (SSSR count). The molecule has 62 heavy (non-hydrogen) atoms. The van der Waals surface area contributed by atoms with E-state index >= 15 is 9.59 Å². The molecule has 1 saturated heterocycles. The SMILES string of the molecule is COc1ccc2c(OC)c3c(c(OC(=O)OC(C)(C)C)c2c1)C(=O)C1=C(O)[C@]2(O[Si](C)(C)C(C)(C)C)C(=O)c4c(OCc5ccccc5)noc4[C@@H](N4CCOCC4)[C@@H]2C[C@@H]1C3. The van der Waals surface area contributed by atoms with Crippen LogP contribution >= 0.6 is 0 Å². The number of aromatic nitrogens is 1. The molecule has 0 unspecified atom stereocenters. The maximum absolute atomic E-state index is 15.9. The second-order valence-electron chi connectivity index (χ2n) is 19.1. The summed E-state index contributed by atoms with van der Waals surface area (Å²) in [5.41, 5.74) is -1.55. The molecule has 14 nitrogen and oxygen atoms in total. The van der Waals surface area contributed by atoms with Crippen LogP contribution < -0.4 is 18.9 Å². The van der Waals surface area contributed by atoms with E-state index in [9.17, 15) is 9.90 Å². The van der Waals surface area contributed by atoms with E-state index in [0.717, 1.165) is 5.56 Å². The number of allylic oxidation sites excluding steroid dienone is 1. The summed E-state index contributed by atoms with van der Waals surface area (Å²) < 4.78 is 48.9. The molecular formula is C47H56N2O12Si. The zero-order valence-corrected chi connectivity index (χ0v) is 38.1. The van der Waals surface area contributed by atoms with Crippen molar-refractivity contribution in [1.82, 2.24) is 10.1 Å². The predicted octanol–water partition coefficient (Wildman–Crippen LogP) is 8.96. The number of carbonyl (C=O) groups excluding carboxylic acids is 3. The van der Waals surface area contributed by atoms with Crippen LogP contribution in [0.25, 0.3) is 10.8 Å². The molecule has 330 valence electrons. The van der Waals surface area contributed by atoms with Gasteiger partial charge in [-0.15, -0.1) is 0 Å². The second-order valence-corrected chi connectivity index (χ2v) is 23.8. The molecule has 1 aliphatic heterocycles. The van der Waals surface area contributed by atoms with Crippen LogP contribution in [-0.4, -0.2) is 92.9 Å². The highest BCUT2D eigenvalue weighted by Crippen LogP contribution is 2.61. The molecule has 3 aromatic carbocycles. The Bertz CT molecular complexity index is 2460. The maximum Gasteiger partial charge on any atom is 0.514 e. The molecule has 4 aromatic rings.